The number of likely N-dealkylation sites (tertiary alicyclic amines) is 1. The van der Waals surface area contributed by atoms with Crippen LogP contribution in [0.3, 0.4) is 0 Å². The highest BCUT2D eigenvalue weighted by Gasteiger charge is 2.24. The molecule has 0 bridgehead atoms. The summed E-state index contributed by atoms with van der Waals surface area (Å²) in [6, 6.07) is 0. The van der Waals surface area contributed by atoms with Crippen LogP contribution in [0, 0.1) is 5.92 Å². The van der Waals surface area contributed by atoms with Crippen LogP contribution in [-0.2, 0) is 14.2 Å². The molecule has 1 N–H and O–H groups in total. The standard InChI is InChI=1S/C17H35N3O3/c1-4-5-10-22-11-6-8-19-17(18-2)20-9-7-16(14-20)15-23-13-12-21-3/h16H,4-15H2,1-3H3,(H,18,19). The van der Waals surface area contributed by atoms with Crippen molar-refractivity contribution in [3.05, 3.63) is 0 Å². The molecule has 136 valence electrons. The van der Waals surface area contributed by atoms with Crippen LogP contribution in [0.5, 0.6) is 0 Å². The van der Waals surface area contributed by atoms with Crippen molar-refractivity contribution in [3.8, 4) is 0 Å². The van der Waals surface area contributed by atoms with Gasteiger partial charge < -0.3 is 24.4 Å². The number of guanidine groups is 1. The molecule has 0 aromatic heterocycles. The molecule has 1 heterocycles. The zero-order valence-electron chi connectivity index (χ0n) is 15.2. The van der Waals surface area contributed by atoms with Crippen molar-refractivity contribution in [1.29, 1.82) is 0 Å². The van der Waals surface area contributed by atoms with Crippen LogP contribution < -0.4 is 5.32 Å². The van der Waals surface area contributed by atoms with Gasteiger partial charge in [0.25, 0.3) is 0 Å². The smallest absolute Gasteiger partial charge is 0.193 e. The molecule has 1 unspecified atom stereocenters. The highest BCUT2D eigenvalue weighted by atomic mass is 16.5. The van der Waals surface area contributed by atoms with Crippen molar-refractivity contribution in [2.24, 2.45) is 10.9 Å². The molecule has 0 aromatic rings. The third-order valence-electron chi connectivity index (χ3n) is 3.97. The Bertz CT molecular complexity index is 313. The van der Waals surface area contributed by atoms with E-state index in [1.54, 1.807) is 7.11 Å². The summed E-state index contributed by atoms with van der Waals surface area (Å²) in [6.45, 7) is 9.00. The number of methoxy groups -OCH3 is 1. The highest BCUT2D eigenvalue weighted by Crippen LogP contribution is 2.16. The molecule has 0 saturated carbocycles. The maximum atomic E-state index is 5.64. The van der Waals surface area contributed by atoms with Crippen molar-refractivity contribution in [2.75, 3.05) is 66.8 Å². The first-order valence-corrected chi connectivity index (χ1v) is 8.91. The Morgan fingerprint density at radius 1 is 1.17 bits per heavy atom. The molecular formula is C17H35N3O3. The highest BCUT2D eigenvalue weighted by molar-refractivity contribution is 5.80. The van der Waals surface area contributed by atoms with Gasteiger partial charge in [0.15, 0.2) is 5.96 Å². The Balaban J connectivity index is 2.10. The summed E-state index contributed by atoms with van der Waals surface area (Å²) in [5, 5.41) is 3.43. The van der Waals surface area contributed by atoms with E-state index in [0.29, 0.717) is 19.1 Å². The first kappa shape index (κ1) is 20.2. The predicted octanol–water partition coefficient (Wildman–Crippen LogP) is 1.75. The molecule has 1 aliphatic rings. The first-order valence-electron chi connectivity index (χ1n) is 8.91. The molecule has 0 amide bonds. The zero-order valence-corrected chi connectivity index (χ0v) is 15.2. The number of nitrogens with one attached hydrogen (secondary N) is 1. The van der Waals surface area contributed by atoms with Gasteiger partial charge in [-0.25, -0.2) is 0 Å². The van der Waals surface area contributed by atoms with Gasteiger partial charge in [0, 0.05) is 52.9 Å². The normalized spacial score (nSPS) is 18.7. The molecule has 1 atom stereocenters. The van der Waals surface area contributed by atoms with E-state index < -0.39 is 0 Å². The van der Waals surface area contributed by atoms with E-state index in [9.17, 15) is 0 Å². The molecule has 6 nitrogen and oxygen atoms in total. The predicted molar refractivity (Wildman–Crippen MR) is 94.1 cm³/mol. The molecule has 1 saturated heterocycles. The Labute approximate surface area is 141 Å². The minimum absolute atomic E-state index is 0.586. The van der Waals surface area contributed by atoms with Gasteiger partial charge in [-0.1, -0.05) is 13.3 Å². The van der Waals surface area contributed by atoms with Crippen LogP contribution >= 0.6 is 0 Å². The van der Waals surface area contributed by atoms with Crippen LogP contribution in [0.1, 0.15) is 32.6 Å². The average Bonchev–Trinajstić information content (AvgIpc) is 3.03. The van der Waals surface area contributed by atoms with Gasteiger partial charge >= 0.3 is 0 Å². The van der Waals surface area contributed by atoms with Crippen LogP contribution in [-0.4, -0.2) is 77.7 Å². The Morgan fingerprint density at radius 2 is 2.00 bits per heavy atom. The molecule has 1 aliphatic heterocycles. The van der Waals surface area contributed by atoms with Crippen LogP contribution in [0.15, 0.2) is 4.99 Å². The number of aliphatic imine (C=N–C) groups is 1. The van der Waals surface area contributed by atoms with E-state index in [2.05, 4.69) is 22.1 Å². The lowest BCUT2D eigenvalue weighted by molar-refractivity contribution is 0.0536. The Hall–Kier alpha value is -0.850. The van der Waals surface area contributed by atoms with Crippen molar-refractivity contribution < 1.29 is 14.2 Å². The summed E-state index contributed by atoms with van der Waals surface area (Å²) in [5.74, 6) is 1.58. The van der Waals surface area contributed by atoms with Gasteiger partial charge in [-0.15, -0.1) is 0 Å². The maximum absolute atomic E-state index is 5.64. The lowest BCUT2D eigenvalue weighted by atomic mass is 10.1. The maximum Gasteiger partial charge on any atom is 0.193 e. The lowest BCUT2D eigenvalue weighted by Crippen LogP contribution is -2.40. The van der Waals surface area contributed by atoms with Crippen molar-refractivity contribution >= 4 is 5.96 Å². The SMILES string of the molecule is CCCCOCCCNC(=NC)N1CCC(COCCOC)C1. The zero-order chi connectivity index (χ0) is 16.8. The number of hydrogen-bond acceptors (Lipinski definition) is 4. The van der Waals surface area contributed by atoms with Crippen molar-refractivity contribution in [3.63, 3.8) is 0 Å². The molecular weight excluding hydrogens is 294 g/mol. The van der Waals surface area contributed by atoms with E-state index in [4.69, 9.17) is 14.2 Å². The van der Waals surface area contributed by atoms with Gasteiger partial charge in [0.1, 0.15) is 0 Å². The second kappa shape index (κ2) is 13.6. The number of ether oxygens (including phenoxy) is 3. The fourth-order valence-electron chi connectivity index (χ4n) is 2.61. The van der Waals surface area contributed by atoms with Crippen LogP contribution in [0.25, 0.3) is 0 Å². The fourth-order valence-corrected chi connectivity index (χ4v) is 2.61. The number of rotatable bonds is 12. The monoisotopic (exact) mass is 329 g/mol. The molecule has 6 heteroatoms. The quantitative estimate of drug-likeness (QED) is 0.336. The number of nitrogens with zero attached hydrogens (tertiary/aromatic N) is 2. The molecule has 0 radical (unpaired) electrons. The molecule has 1 rings (SSSR count). The minimum Gasteiger partial charge on any atom is -0.382 e. The summed E-state index contributed by atoms with van der Waals surface area (Å²) in [4.78, 5) is 6.71. The lowest BCUT2D eigenvalue weighted by Gasteiger charge is -2.21. The van der Waals surface area contributed by atoms with E-state index in [1.807, 2.05) is 7.05 Å². The first-order chi connectivity index (χ1) is 11.3. The summed E-state index contributed by atoms with van der Waals surface area (Å²) in [7, 11) is 3.55. The molecule has 0 aliphatic carbocycles. The van der Waals surface area contributed by atoms with E-state index >= 15 is 0 Å². The third kappa shape index (κ3) is 9.13. The minimum atomic E-state index is 0.586. The average molecular weight is 329 g/mol. The molecule has 1 fully saturated rings. The van der Waals surface area contributed by atoms with Gasteiger partial charge in [-0.05, 0) is 19.3 Å². The van der Waals surface area contributed by atoms with E-state index in [1.165, 1.54) is 6.42 Å². The number of unbranched alkanes of at least 4 members (excludes halogenated alkanes) is 1. The third-order valence-corrected chi connectivity index (χ3v) is 3.97. The largest absolute Gasteiger partial charge is 0.382 e. The fraction of sp³-hybridized carbons (Fsp3) is 0.941. The number of hydrogen-bond donors (Lipinski definition) is 1. The van der Waals surface area contributed by atoms with Crippen molar-refractivity contribution in [1.82, 2.24) is 10.2 Å². The van der Waals surface area contributed by atoms with Gasteiger partial charge in [0.05, 0.1) is 19.8 Å². The summed E-state index contributed by atoms with van der Waals surface area (Å²) < 4.78 is 16.2. The molecule has 0 aromatic carbocycles. The van der Waals surface area contributed by atoms with Crippen molar-refractivity contribution in [2.45, 2.75) is 32.6 Å². The van der Waals surface area contributed by atoms with Gasteiger partial charge in [-0.3, -0.25) is 4.99 Å². The second-order valence-corrected chi connectivity index (χ2v) is 5.96. The summed E-state index contributed by atoms with van der Waals surface area (Å²) in [5.41, 5.74) is 0. The van der Waals surface area contributed by atoms with E-state index in [-0.39, 0.29) is 0 Å². The Morgan fingerprint density at radius 3 is 2.74 bits per heavy atom. The summed E-state index contributed by atoms with van der Waals surface area (Å²) >= 11 is 0. The Kier molecular flexibility index (Phi) is 11.9. The van der Waals surface area contributed by atoms with Crippen LogP contribution in [0.4, 0.5) is 0 Å². The van der Waals surface area contributed by atoms with Gasteiger partial charge in [-0.2, -0.15) is 0 Å². The summed E-state index contributed by atoms with van der Waals surface area (Å²) in [6.07, 6.45) is 4.51. The van der Waals surface area contributed by atoms with Crippen LogP contribution in [0.2, 0.25) is 0 Å². The van der Waals surface area contributed by atoms with E-state index in [0.717, 1.165) is 64.7 Å². The molecule has 0 spiro atoms. The molecule has 23 heavy (non-hydrogen) atoms. The second-order valence-electron chi connectivity index (χ2n) is 5.96. The van der Waals surface area contributed by atoms with Gasteiger partial charge in [0.2, 0.25) is 0 Å². The topological polar surface area (TPSA) is 55.3 Å².